The number of aliphatic hydroxyl groups excluding tert-OH is 1. The summed E-state index contributed by atoms with van der Waals surface area (Å²) in [6, 6.07) is 11.8. The lowest BCUT2D eigenvalue weighted by Crippen LogP contribution is -2.50. The summed E-state index contributed by atoms with van der Waals surface area (Å²) >= 11 is 0. The molecular formula is C27H31F2N5O3. The number of benzene rings is 2. The van der Waals surface area contributed by atoms with Crippen LogP contribution in [-0.2, 0) is 15.5 Å². The molecule has 0 aliphatic carbocycles. The molecular weight excluding hydrogens is 480 g/mol. The summed E-state index contributed by atoms with van der Waals surface area (Å²) in [5.41, 5.74) is 2.93. The molecule has 2 aliphatic heterocycles. The molecule has 2 N–H and O–H groups in total. The van der Waals surface area contributed by atoms with Crippen molar-refractivity contribution >= 4 is 28.2 Å². The molecule has 1 unspecified atom stereocenters. The number of nitrogens with one attached hydrogen (secondary N) is 1. The van der Waals surface area contributed by atoms with Gasteiger partial charge in [0, 0.05) is 55.5 Å². The van der Waals surface area contributed by atoms with Gasteiger partial charge in [0.25, 0.3) is 5.92 Å². The molecule has 2 atom stereocenters. The van der Waals surface area contributed by atoms with E-state index in [9.17, 15) is 13.6 Å². The van der Waals surface area contributed by atoms with E-state index in [4.69, 9.17) is 9.84 Å². The fraction of sp³-hybridized carbons (Fsp3) is 0.444. The zero-order chi connectivity index (χ0) is 26.0. The van der Waals surface area contributed by atoms with E-state index in [2.05, 4.69) is 26.5 Å². The molecule has 10 heteroatoms. The Hall–Kier alpha value is -3.37. The van der Waals surface area contributed by atoms with Crippen LogP contribution in [0, 0.1) is 5.92 Å². The lowest BCUT2D eigenvalue weighted by molar-refractivity contribution is -0.135. The number of alkyl halides is 2. The van der Waals surface area contributed by atoms with E-state index in [0.29, 0.717) is 31.9 Å². The number of amides is 1. The summed E-state index contributed by atoms with van der Waals surface area (Å²) in [7, 11) is 0. The highest BCUT2D eigenvalue weighted by Crippen LogP contribution is 2.32. The standard InChI is InChI=1S/C27H31F2N5O3/c1-18(19-3-2-4-21(13-19)27(28,29)17-35)31-25-15-30-32-24-6-5-22(14-23(24)25)33-8-10-34(11-9-33)26(36)20-7-12-37-16-20/h2-6,13-15,18,20,35H,7-12,16-17H2,1H3,(H,31,32)/t18-,20?/m1/s1. The summed E-state index contributed by atoms with van der Waals surface area (Å²) in [4.78, 5) is 16.9. The van der Waals surface area contributed by atoms with Crippen molar-refractivity contribution in [1.29, 1.82) is 0 Å². The number of anilines is 2. The average Bonchev–Trinajstić information content (AvgIpc) is 3.48. The molecule has 1 aromatic heterocycles. The van der Waals surface area contributed by atoms with Gasteiger partial charge in [-0.15, -0.1) is 0 Å². The molecule has 0 bridgehead atoms. The lowest BCUT2D eigenvalue weighted by Gasteiger charge is -2.37. The molecule has 3 aromatic rings. The van der Waals surface area contributed by atoms with Gasteiger partial charge in [-0.3, -0.25) is 4.79 Å². The first kappa shape index (κ1) is 25.3. The summed E-state index contributed by atoms with van der Waals surface area (Å²) in [6.07, 6.45) is 2.43. The number of aromatic nitrogens is 2. The summed E-state index contributed by atoms with van der Waals surface area (Å²) in [6.45, 7) is 4.62. The molecule has 2 saturated heterocycles. The van der Waals surface area contributed by atoms with Gasteiger partial charge in [-0.05, 0) is 43.2 Å². The van der Waals surface area contributed by atoms with Crippen LogP contribution in [0.1, 0.15) is 30.5 Å². The quantitative estimate of drug-likeness (QED) is 0.501. The topological polar surface area (TPSA) is 90.8 Å². The molecule has 1 amide bonds. The van der Waals surface area contributed by atoms with E-state index in [0.717, 1.165) is 41.8 Å². The van der Waals surface area contributed by atoms with E-state index in [-0.39, 0.29) is 23.4 Å². The summed E-state index contributed by atoms with van der Waals surface area (Å²) in [5.74, 6) is -3.13. The first-order chi connectivity index (χ1) is 17.9. The fourth-order valence-electron chi connectivity index (χ4n) is 4.97. The molecule has 3 heterocycles. The molecule has 196 valence electrons. The lowest BCUT2D eigenvalue weighted by atomic mass is 10.0. The van der Waals surface area contributed by atoms with Crippen molar-refractivity contribution in [2.75, 3.05) is 56.2 Å². The molecule has 5 rings (SSSR count). The van der Waals surface area contributed by atoms with Crippen LogP contribution in [0.3, 0.4) is 0 Å². The second-order valence-corrected chi connectivity index (χ2v) is 9.69. The largest absolute Gasteiger partial charge is 0.390 e. The number of piperazine rings is 1. The van der Waals surface area contributed by atoms with Crippen LogP contribution in [0.5, 0.6) is 0 Å². The van der Waals surface area contributed by atoms with Gasteiger partial charge in [0.1, 0.15) is 6.61 Å². The molecule has 0 saturated carbocycles. The maximum Gasteiger partial charge on any atom is 0.295 e. The number of fused-ring (bicyclic) bond motifs is 1. The number of ether oxygens (including phenoxy) is 1. The highest BCUT2D eigenvalue weighted by atomic mass is 19.3. The van der Waals surface area contributed by atoms with E-state index >= 15 is 0 Å². The number of carbonyl (C=O) groups excluding carboxylic acids is 1. The Morgan fingerprint density at radius 2 is 2.03 bits per heavy atom. The number of hydrogen-bond acceptors (Lipinski definition) is 7. The van der Waals surface area contributed by atoms with Crippen LogP contribution < -0.4 is 10.2 Å². The first-order valence-corrected chi connectivity index (χ1v) is 12.6. The zero-order valence-electron chi connectivity index (χ0n) is 20.7. The molecule has 8 nitrogen and oxygen atoms in total. The Bertz CT molecular complexity index is 1260. The highest BCUT2D eigenvalue weighted by molar-refractivity contribution is 5.93. The van der Waals surface area contributed by atoms with Gasteiger partial charge in [0.2, 0.25) is 5.91 Å². The van der Waals surface area contributed by atoms with Gasteiger partial charge < -0.3 is 25.0 Å². The predicted octanol–water partition coefficient (Wildman–Crippen LogP) is 3.57. The van der Waals surface area contributed by atoms with Crippen LogP contribution in [0.15, 0.2) is 48.7 Å². The van der Waals surface area contributed by atoms with E-state index in [1.54, 1.807) is 18.3 Å². The van der Waals surface area contributed by atoms with Crippen LogP contribution in [0.4, 0.5) is 20.2 Å². The van der Waals surface area contributed by atoms with Crippen molar-refractivity contribution in [3.63, 3.8) is 0 Å². The highest BCUT2D eigenvalue weighted by Gasteiger charge is 2.31. The normalized spacial score (nSPS) is 19.3. The van der Waals surface area contributed by atoms with Crippen molar-refractivity contribution in [3.05, 3.63) is 59.8 Å². The SMILES string of the molecule is C[C@@H](Nc1cnnc2ccc(N3CCN(C(=O)C4CCOC4)CC3)cc12)c1cccc(C(F)(F)CO)c1. The third-order valence-electron chi connectivity index (χ3n) is 7.24. The Labute approximate surface area is 214 Å². The van der Waals surface area contributed by atoms with Gasteiger partial charge in [0.05, 0.1) is 29.9 Å². The number of aliphatic hydroxyl groups is 1. The third kappa shape index (κ3) is 5.35. The minimum absolute atomic E-state index is 0.0167. The van der Waals surface area contributed by atoms with Crippen molar-refractivity contribution in [1.82, 2.24) is 15.1 Å². The maximum absolute atomic E-state index is 14.0. The number of rotatable bonds is 7. The van der Waals surface area contributed by atoms with Crippen molar-refractivity contribution in [2.24, 2.45) is 5.92 Å². The van der Waals surface area contributed by atoms with Gasteiger partial charge >= 0.3 is 0 Å². The Morgan fingerprint density at radius 3 is 2.76 bits per heavy atom. The molecule has 2 fully saturated rings. The fourth-order valence-corrected chi connectivity index (χ4v) is 4.97. The Kier molecular flexibility index (Phi) is 7.21. The van der Waals surface area contributed by atoms with Crippen molar-refractivity contribution in [3.8, 4) is 0 Å². The summed E-state index contributed by atoms with van der Waals surface area (Å²) < 4.78 is 33.4. The predicted molar refractivity (Wildman–Crippen MR) is 137 cm³/mol. The Balaban J connectivity index is 1.31. The molecule has 2 aromatic carbocycles. The molecule has 2 aliphatic rings. The Morgan fingerprint density at radius 1 is 1.22 bits per heavy atom. The average molecular weight is 512 g/mol. The zero-order valence-corrected chi connectivity index (χ0v) is 20.7. The van der Waals surface area contributed by atoms with Gasteiger partial charge in [-0.25, -0.2) is 0 Å². The number of halogens is 2. The summed E-state index contributed by atoms with van der Waals surface area (Å²) in [5, 5.41) is 21.7. The van der Waals surface area contributed by atoms with Crippen LogP contribution >= 0.6 is 0 Å². The van der Waals surface area contributed by atoms with Gasteiger partial charge in [0.15, 0.2) is 0 Å². The number of nitrogens with zero attached hydrogens (tertiary/aromatic N) is 4. The van der Waals surface area contributed by atoms with E-state index < -0.39 is 12.5 Å². The molecule has 37 heavy (non-hydrogen) atoms. The van der Waals surface area contributed by atoms with E-state index in [1.165, 1.54) is 12.1 Å². The molecule has 0 spiro atoms. The first-order valence-electron chi connectivity index (χ1n) is 12.6. The minimum Gasteiger partial charge on any atom is -0.390 e. The van der Waals surface area contributed by atoms with Crippen LogP contribution in [-0.4, -0.2) is 72.1 Å². The number of hydrogen-bond donors (Lipinski definition) is 2. The van der Waals surface area contributed by atoms with Gasteiger partial charge in [-0.2, -0.15) is 19.0 Å². The molecule has 0 radical (unpaired) electrons. The second kappa shape index (κ2) is 10.5. The monoisotopic (exact) mass is 511 g/mol. The minimum atomic E-state index is -3.30. The van der Waals surface area contributed by atoms with E-state index in [1.807, 2.05) is 24.0 Å². The van der Waals surface area contributed by atoms with Crippen molar-refractivity contribution < 1.29 is 23.4 Å². The number of carbonyl (C=O) groups is 1. The van der Waals surface area contributed by atoms with Crippen molar-refractivity contribution in [2.45, 2.75) is 25.3 Å². The third-order valence-corrected chi connectivity index (χ3v) is 7.24. The van der Waals surface area contributed by atoms with Crippen LogP contribution in [0.25, 0.3) is 10.9 Å². The van der Waals surface area contributed by atoms with Gasteiger partial charge in [-0.1, -0.05) is 18.2 Å². The second-order valence-electron chi connectivity index (χ2n) is 9.69. The van der Waals surface area contributed by atoms with Crippen LogP contribution in [0.2, 0.25) is 0 Å². The smallest absolute Gasteiger partial charge is 0.295 e. The maximum atomic E-state index is 14.0.